The van der Waals surface area contributed by atoms with Gasteiger partial charge in [0.2, 0.25) is 5.88 Å². The Balaban J connectivity index is 1.90. The Labute approximate surface area is 183 Å². The summed E-state index contributed by atoms with van der Waals surface area (Å²) in [7, 11) is -4.34. The fourth-order valence-corrected chi connectivity index (χ4v) is 4.43. The Kier molecular flexibility index (Phi) is 6.45. The van der Waals surface area contributed by atoms with Crippen molar-refractivity contribution in [2.24, 2.45) is 0 Å². The van der Waals surface area contributed by atoms with E-state index < -0.39 is 34.7 Å². The number of aryl methyl sites for hydroxylation is 1. The first-order valence-corrected chi connectivity index (χ1v) is 11.5. The van der Waals surface area contributed by atoms with Gasteiger partial charge in [0.15, 0.2) is 4.90 Å². The van der Waals surface area contributed by atoms with Crippen LogP contribution in [0.5, 0.6) is 5.88 Å². The summed E-state index contributed by atoms with van der Waals surface area (Å²) >= 11 is 0. The quantitative estimate of drug-likeness (QED) is 0.658. The molecule has 1 aliphatic rings. The molecule has 0 saturated carbocycles. The lowest BCUT2D eigenvalue weighted by molar-refractivity contribution is -0.143. The van der Waals surface area contributed by atoms with E-state index in [1.807, 2.05) is 4.72 Å². The predicted octanol–water partition coefficient (Wildman–Crippen LogP) is 3.18. The van der Waals surface area contributed by atoms with Crippen LogP contribution in [-0.2, 0) is 23.1 Å². The van der Waals surface area contributed by atoms with Gasteiger partial charge in [-0.3, -0.25) is 4.68 Å². The summed E-state index contributed by atoms with van der Waals surface area (Å²) in [5.41, 5.74) is 0.418. The van der Waals surface area contributed by atoms with Crippen molar-refractivity contribution in [3.8, 4) is 5.88 Å². The van der Waals surface area contributed by atoms with Gasteiger partial charge in [0.1, 0.15) is 6.54 Å². The molecule has 0 aromatic carbocycles. The molecular formula is C18H25F3N6O4S. The first-order chi connectivity index (χ1) is 14.8. The number of amides is 2. The highest BCUT2D eigenvalue weighted by molar-refractivity contribution is 7.90. The molecule has 14 heteroatoms. The Bertz CT molecular complexity index is 1100. The van der Waals surface area contributed by atoms with Crippen molar-refractivity contribution in [1.82, 2.24) is 24.3 Å². The topological polar surface area (TPSA) is 120 Å². The Morgan fingerprint density at radius 3 is 2.53 bits per heavy atom. The number of nitrogens with one attached hydrogen (secondary N) is 2. The zero-order chi connectivity index (χ0) is 23.8. The molecule has 0 atom stereocenters. The fraction of sp³-hybridized carbons (Fsp3) is 0.611. The van der Waals surface area contributed by atoms with Gasteiger partial charge in [-0.1, -0.05) is 27.7 Å². The highest BCUT2D eigenvalue weighted by atomic mass is 32.2. The van der Waals surface area contributed by atoms with Gasteiger partial charge in [-0.25, -0.2) is 22.6 Å². The minimum Gasteiger partial charge on any atom is -0.477 e. The van der Waals surface area contributed by atoms with E-state index >= 15 is 0 Å². The zero-order valence-corrected chi connectivity index (χ0v) is 18.8. The van der Waals surface area contributed by atoms with Crippen LogP contribution in [0.4, 0.5) is 23.7 Å². The molecule has 0 saturated heterocycles. The van der Waals surface area contributed by atoms with Crippen molar-refractivity contribution >= 4 is 21.7 Å². The maximum atomic E-state index is 13.0. The van der Waals surface area contributed by atoms with Gasteiger partial charge in [0.05, 0.1) is 29.9 Å². The molecule has 0 aliphatic carbocycles. The fourth-order valence-electron chi connectivity index (χ4n) is 3.45. The normalized spacial score (nSPS) is 14.4. The Hall–Kier alpha value is -2.77. The molecule has 0 unspecified atom stereocenters. The monoisotopic (exact) mass is 478 g/mol. The summed E-state index contributed by atoms with van der Waals surface area (Å²) in [4.78, 5) is 12.3. The minimum absolute atomic E-state index is 0.0280. The van der Waals surface area contributed by atoms with Gasteiger partial charge >= 0.3 is 12.2 Å². The second kappa shape index (κ2) is 8.64. The lowest BCUT2D eigenvalue weighted by Crippen LogP contribution is -2.35. The molecule has 0 radical (unpaired) electrons. The number of carbonyl (C=O) groups excluding carboxylic acids is 1. The van der Waals surface area contributed by atoms with Crippen LogP contribution in [-0.4, -0.2) is 46.8 Å². The SMILES string of the molecule is CC(C)c1nn(CC(F)(F)F)c(C(C)C)c1NC(=O)NS(=O)(=O)c1cnn2c1OCCC2. The predicted molar refractivity (Wildman–Crippen MR) is 108 cm³/mol. The Morgan fingerprint density at radius 1 is 1.25 bits per heavy atom. The van der Waals surface area contributed by atoms with E-state index in [-0.39, 0.29) is 33.8 Å². The molecule has 2 amide bonds. The number of hydrogen-bond acceptors (Lipinski definition) is 6. The molecule has 2 N–H and O–H groups in total. The number of ether oxygens (including phenoxy) is 1. The van der Waals surface area contributed by atoms with Gasteiger partial charge in [-0.05, 0) is 11.8 Å². The van der Waals surface area contributed by atoms with E-state index in [0.29, 0.717) is 19.6 Å². The number of sulfonamides is 1. The third-order valence-electron chi connectivity index (χ3n) is 4.71. The van der Waals surface area contributed by atoms with Crippen LogP contribution >= 0.6 is 0 Å². The van der Waals surface area contributed by atoms with Crippen LogP contribution in [0.2, 0.25) is 0 Å². The maximum absolute atomic E-state index is 13.0. The lowest BCUT2D eigenvalue weighted by atomic mass is 10.0. The van der Waals surface area contributed by atoms with E-state index in [4.69, 9.17) is 4.74 Å². The minimum atomic E-state index is -4.52. The number of nitrogens with zero attached hydrogens (tertiary/aromatic N) is 4. The lowest BCUT2D eigenvalue weighted by Gasteiger charge is -2.17. The van der Waals surface area contributed by atoms with E-state index in [9.17, 15) is 26.4 Å². The summed E-state index contributed by atoms with van der Waals surface area (Å²) in [6.07, 6.45) is -2.77. The summed E-state index contributed by atoms with van der Waals surface area (Å²) in [5, 5.41) is 10.4. The van der Waals surface area contributed by atoms with Gasteiger partial charge in [-0.15, -0.1) is 0 Å². The average Bonchev–Trinajstić information content (AvgIpc) is 3.22. The summed E-state index contributed by atoms with van der Waals surface area (Å²) in [5.74, 6) is -0.731. The first kappa shape index (κ1) is 23.9. The number of alkyl halides is 3. The molecule has 178 valence electrons. The highest BCUT2D eigenvalue weighted by Crippen LogP contribution is 2.34. The maximum Gasteiger partial charge on any atom is 0.408 e. The molecule has 0 spiro atoms. The van der Waals surface area contributed by atoms with Crippen LogP contribution in [0, 0.1) is 0 Å². The van der Waals surface area contributed by atoms with E-state index in [2.05, 4.69) is 15.5 Å². The number of rotatable bonds is 6. The van der Waals surface area contributed by atoms with Crippen molar-refractivity contribution in [2.75, 3.05) is 11.9 Å². The molecular weight excluding hydrogens is 453 g/mol. The van der Waals surface area contributed by atoms with Gasteiger partial charge in [-0.2, -0.15) is 23.4 Å². The molecule has 10 nitrogen and oxygen atoms in total. The molecule has 0 fully saturated rings. The third-order valence-corrected chi connectivity index (χ3v) is 6.02. The standard InChI is InChI=1S/C18H25F3N6O4S/c1-10(2)13-14(15(11(3)4)27(24-13)9-18(19,20)21)23-17(28)25-32(29,30)12-8-22-26-6-5-7-31-16(12)26/h8,10-11H,5-7,9H2,1-4H3,(H2,23,25,28). The molecule has 32 heavy (non-hydrogen) atoms. The van der Waals surface area contributed by atoms with Crippen LogP contribution in [0.15, 0.2) is 11.1 Å². The molecule has 3 rings (SSSR count). The number of urea groups is 1. The molecule has 2 aromatic heterocycles. The number of halogens is 3. The first-order valence-electron chi connectivity index (χ1n) is 10.00. The molecule has 3 heterocycles. The van der Waals surface area contributed by atoms with Crippen molar-refractivity contribution in [3.63, 3.8) is 0 Å². The van der Waals surface area contributed by atoms with Crippen LogP contribution in [0.3, 0.4) is 0 Å². The molecule has 2 aromatic rings. The van der Waals surface area contributed by atoms with E-state index in [1.54, 1.807) is 27.7 Å². The molecule has 0 bridgehead atoms. The van der Waals surface area contributed by atoms with Crippen molar-refractivity contribution in [3.05, 3.63) is 17.6 Å². The smallest absolute Gasteiger partial charge is 0.408 e. The number of fused-ring (bicyclic) bond motifs is 1. The largest absolute Gasteiger partial charge is 0.477 e. The van der Waals surface area contributed by atoms with Gasteiger partial charge in [0.25, 0.3) is 10.0 Å². The average molecular weight is 478 g/mol. The van der Waals surface area contributed by atoms with Crippen LogP contribution < -0.4 is 14.8 Å². The second-order valence-corrected chi connectivity index (χ2v) is 9.68. The van der Waals surface area contributed by atoms with Crippen LogP contribution in [0.25, 0.3) is 0 Å². The third kappa shape index (κ3) is 5.00. The summed E-state index contributed by atoms with van der Waals surface area (Å²) in [6, 6.07) is -1.13. The van der Waals surface area contributed by atoms with E-state index in [0.717, 1.165) is 10.9 Å². The van der Waals surface area contributed by atoms with E-state index in [1.165, 1.54) is 4.68 Å². The number of aromatic nitrogens is 4. The number of carbonyl (C=O) groups is 1. The summed E-state index contributed by atoms with van der Waals surface area (Å²) < 4.78 is 74.0. The van der Waals surface area contributed by atoms with Gasteiger partial charge < -0.3 is 10.1 Å². The summed E-state index contributed by atoms with van der Waals surface area (Å²) in [6.45, 7) is 6.19. The van der Waals surface area contributed by atoms with Crippen molar-refractivity contribution in [2.45, 2.75) is 70.1 Å². The number of anilines is 1. The highest BCUT2D eigenvalue weighted by Gasteiger charge is 2.34. The van der Waals surface area contributed by atoms with Crippen molar-refractivity contribution in [1.29, 1.82) is 0 Å². The van der Waals surface area contributed by atoms with Crippen LogP contribution in [0.1, 0.15) is 57.3 Å². The zero-order valence-electron chi connectivity index (χ0n) is 18.0. The number of hydrogen-bond donors (Lipinski definition) is 2. The van der Waals surface area contributed by atoms with Gasteiger partial charge in [0, 0.05) is 13.0 Å². The van der Waals surface area contributed by atoms with Crippen molar-refractivity contribution < 1.29 is 31.1 Å². The molecule has 1 aliphatic heterocycles. The second-order valence-electron chi connectivity index (χ2n) is 8.03. The Morgan fingerprint density at radius 2 is 1.94 bits per heavy atom.